The fourth-order valence-corrected chi connectivity index (χ4v) is 2.92. The van der Waals surface area contributed by atoms with E-state index in [1.54, 1.807) is 19.2 Å². The van der Waals surface area contributed by atoms with Crippen LogP contribution in [-0.2, 0) is 11.8 Å². The lowest BCUT2D eigenvalue weighted by Gasteiger charge is -2.14. The van der Waals surface area contributed by atoms with Gasteiger partial charge in [-0.15, -0.1) is 0 Å². The van der Waals surface area contributed by atoms with Crippen molar-refractivity contribution in [2.45, 2.75) is 30.5 Å². The molecule has 0 radical (unpaired) electrons. The molecule has 8 heteroatoms. The predicted molar refractivity (Wildman–Crippen MR) is 86.7 cm³/mol. The minimum Gasteiger partial charge on any atom is -0.492 e. The number of carbonyl (C=O) groups excluding carboxylic acids is 1. The molecule has 0 aliphatic carbocycles. The van der Waals surface area contributed by atoms with E-state index in [-0.39, 0.29) is 5.91 Å². The van der Waals surface area contributed by atoms with E-state index in [1.807, 2.05) is 26.0 Å². The van der Waals surface area contributed by atoms with E-state index in [2.05, 4.69) is 10.6 Å². The summed E-state index contributed by atoms with van der Waals surface area (Å²) in [5, 5.41) is 5.23. The Labute approximate surface area is 138 Å². The molecule has 1 atom stereocenters. The fourth-order valence-electron chi connectivity index (χ4n) is 1.98. The summed E-state index contributed by atoms with van der Waals surface area (Å²) < 4.78 is 11.7. The van der Waals surface area contributed by atoms with Gasteiger partial charge >= 0.3 is 10.7 Å². The number of hydrogen-bond donors (Lipinski definition) is 2. The van der Waals surface area contributed by atoms with Crippen molar-refractivity contribution in [2.75, 3.05) is 11.9 Å². The quantitative estimate of drug-likeness (QED) is 0.592. The van der Waals surface area contributed by atoms with Gasteiger partial charge in [0, 0.05) is 0 Å². The summed E-state index contributed by atoms with van der Waals surface area (Å²) >= 11 is 1.17. The normalized spacial score (nSPS) is 12.0. The molecule has 1 aromatic heterocycles. The summed E-state index contributed by atoms with van der Waals surface area (Å²) in [5.41, 5.74) is 0.127. The Kier molecular flexibility index (Phi) is 5.86. The smallest absolute Gasteiger partial charge is 0.441 e. The highest BCUT2D eigenvalue weighted by molar-refractivity contribution is 8.00. The minimum absolute atomic E-state index is 0.190. The third-order valence-corrected chi connectivity index (χ3v) is 4.61. The number of thioether (sulfide) groups is 1. The molecular weight excluding hydrogens is 318 g/mol. The zero-order valence-corrected chi connectivity index (χ0v) is 14.1. The van der Waals surface area contributed by atoms with Gasteiger partial charge in [-0.25, -0.2) is 4.79 Å². The summed E-state index contributed by atoms with van der Waals surface area (Å²) in [6.07, 6.45) is 0.567. The third-order valence-electron chi connectivity index (χ3n) is 3.12. The van der Waals surface area contributed by atoms with Gasteiger partial charge in [-0.2, -0.15) is 0 Å². The van der Waals surface area contributed by atoms with E-state index < -0.39 is 10.9 Å². The Bertz CT molecular complexity index is 726. The maximum absolute atomic E-state index is 12.5. The third kappa shape index (κ3) is 4.16. The molecule has 0 saturated heterocycles. The van der Waals surface area contributed by atoms with Crippen LogP contribution >= 0.6 is 11.8 Å². The fraction of sp³-hybridized carbons (Fsp3) is 0.400. The molecule has 1 aromatic carbocycles. The molecule has 1 heterocycles. The van der Waals surface area contributed by atoms with Crippen LogP contribution in [0, 0.1) is 0 Å². The van der Waals surface area contributed by atoms with E-state index >= 15 is 0 Å². The van der Waals surface area contributed by atoms with Crippen LogP contribution in [0.25, 0.3) is 0 Å². The van der Waals surface area contributed by atoms with E-state index in [0.29, 0.717) is 29.5 Å². The highest BCUT2D eigenvalue weighted by Crippen LogP contribution is 2.26. The lowest BCUT2D eigenvalue weighted by molar-refractivity contribution is -0.772. The summed E-state index contributed by atoms with van der Waals surface area (Å²) in [5.74, 6) is 0.431. The molecule has 0 spiro atoms. The number of aromatic nitrogens is 2. The zero-order chi connectivity index (χ0) is 16.8. The zero-order valence-electron chi connectivity index (χ0n) is 13.3. The van der Waals surface area contributed by atoms with E-state index in [0.717, 1.165) is 0 Å². The number of para-hydroxylation sites is 2. The van der Waals surface area contributed by atoms with Crippen LogP contribution in [0.5, 0.6) is 5.75 Å². The molecule has 1 unspecified atom stereocenters. The summed E-state index contributed by atoms with van der Waals surface area (Å²) in [7, 11) is 1.66. The lowest BCUT2D eigenvalue weighted by Crippen LogP contribution is -2.35. The Morgan fingerprint density at radius 3 is 2.78 bits per heavy atom. The van der Waals surface area contributed by atoms with Gasteiger partial charge in [0.1, 0.15) is 5.75 Å². The van der Waals surface area contributed by atoms with Gasteiger partial charge in [-0.1, -0.05) is 23.7 Å². The number of nitrogens with one attached hydrogen (secondary N) is 2. The molecule has 2 aromatic rings. The van der Waals surface area contributed by atoms with Crippen molar-refractivity contribution in [3.8, 4) is 5.75 Å². The molecular formula is C15H20N3O4S+. The first-order valence-corrected chi connectivity index (χ1v) is 8.21. The summed E-state index contributed by atoms with van der Waals surface area (Å²) in [6, 6.07) is 7.25. The molecule has 124 valence electrons. The van der Waals surface area contributed by atoms with Crippen molar-refractivity contribution in [3.05, 3.63) is 34.7 Å². The molecule has 0 bridgehead atoms. The van der Waals surface area contributed by atoms with Crippen molar-refractivity contribution < 1.29 is 18.7 Å². The standard InChI is InChI=1S/C15H19N3O4S/c1-4-12(23-14-15(20)22-17-18(14)3)13(19)16-10-8-6-7-9-11(10)21-5-2/h6-9,12H,4-5H2,1-3H3,(H-,16,17,19,20)/p+1. The number of aromatic amines is 1. The number of anilines is 1. The molecule has 23 heavy (non-hydrogen) atoms. The number of aryl methyl sites for hydroxylation is 1. The average Bonchev–Trinajstić information content (AvgIpc) is 2.85. The van der Waals surface area contributed by atoms with Crippen molar-refractivity contribution in [1.82, 2.24) is 5.27 Å². The van der Waals surface area contributed by atoms with Gasteiger partial charge < -0.3 is 10.1 Å². The molecule has 0 aliphatic rings. The number of nitrogens with zero attached hydrogens (tertiary/aromatic N) is 1. The topological polar surface area (TPSA) is 88.2 Å². The van der Waals surface area contributed by atoms with Gasteiger partial charge in [-0.3, -0.25) is 9.32 Å². The SMILES string of the molecule is CCOc1ccccc1NC(=O)C(CC)Sc1c(=O)o[nH][n+]1C. The van der Waals surface area contributed by atoms with Gasteiger partial charge in [0.2, 0.25) is 5.91 Å². The van der Waals surface area contributed by atoms with Crippen molar-refractivity contribution in [1.29, 1.82) is 0 Å². The molecule has 2 rings (SSSR count). The largest absolute Gasteiger partial charge is 0.492 e. The number of hydrogen-bond acceptors (Lipinski definition) is 5. The number of amides is 1. The van der Waals surface area contributed by atoms with Gasteiger partial charge in [-0.05, 0) is 42.5 Å². The molecule has 0 fully saturated rings. The second-order valence-corrected chi connectivity index (χ2v) is 5.97. The molecule has 2 N–H and O–H groups in total. The Morgan fingerprint density at radius 1 is 1.43 bits per heavy atom. The van der Waals surface area contributed by atoms with Crippen LogP contribution in [0.2, 0.25) is 0 Å². The highest BCUT2D eigenvalue weighted by Gasteiger charge is 2.27. The number of rotatable bonds is 7. The Morgan fingerprint density at radius 2 is 2.17 bits per heavy atom. The van der Waals surface area contributed by atoms with Crippen molar-refractivity contribution in [2.24, 2.45) is 7.05 Å². The van der Waals surface area contributed by atoms with E-state index in [1.165, 1.54) is 16.4 Å². The Hall–Kier alpha value is -2.22. The van der Waals surface area contributed by atoms with Crippen molar-refractivity contribution in [3.63, 3.8) is 0 Å². The van der Waals surface area contributed by atoms with Crippen LogP contribution in [0.3, 0.4) is 0 Å². The first kappa shape index (κ1) is 17.1. The maximum atomic E-state index is 12.5. The first-order chi connectivity index (χ1) is 11.1. The van der Waals surface area contributed by atoms with Crippen molar-refractivity contribution >= 4 is 23.4 Å². The number of H-pyrrole nitrogens is 1. The predicted octanol–water partition coefficient (Wildman–Crippen LogP) is 1.70. The molecule has 0 saturated carbocycles. The molecule has 7 nitrogen and oxygen atoms in total. The second kappa shape index (κ2) is 7.87. The van der Waals surface area contributed by atoms with Crippen LogP contribution in [0.1, 0.15) is 20.3 Å². The number of ether oxygens (including phenoxy) is 1. The van der Waals surface area contributed by atoms with Gasteiger partial charge in [0.15, 0.2) is 7.05 Å². The second-order valence-electron chi connectivity index (χ2n) is 4.78. The van der Waals surface area contributed by atoms with Crippen LogP contribution in [-0.4, -0.2) is 23.0 Å². The van der Waals surface area contributed by atoms with Gasteiger partial charge in [0.25, 0.3) is 0 Å². The van der Waals surface area contributed by atoms with E-state index in [4.69, 9.17) is 9.26 Å². The van der Waals surface area contributed by atoms with E-state index in [9.17, 15) is 9.59 Å². The van der Waals surface area contributed by atoms with Crippen LogP contribution in [0.4, 0.5) is 5.69 Å². The minimum atomic E-state index is -0.488. The first-order valence-electron chi connectivity index (χ1n) is 7.33. The lowest BCUT2D eigenvalue weighted by atomic mass is 10.2. The molecule has 1 amide bonds. The Balaban J connectivity index is 2.13. The van der Waals surface area contributed by atoms with Crippen LogP contribution in [0.15, 0.2) is 38.6 Å². The van der Waals surface area contributed by atoms with Crippen LogP contribution < -0.4 is 20.4 Å². The maximum Gasteiger partial charge on any atom is 0.441 e. The monoisotopic (exact) mass is 338 g/mol. The average molecular weight is 338 g/mol. The summed E-state index contributed by atoms with van der Waals surface area (Å²) in [4.78, 5) is 24.1. The number of benzene rings is 1. The summed E-state index contributed by atoms with van der Waals surface area (Å²) in [6.45, 7) is 4.29. The highest BCUT2D eigenvalue weighted by atomic mass is 32.2. The molecule has 0 aliphatic heterocycles. The number of carbonyl (C=O) groups is 1. The van der Waals surface area contributed by atoms with Gasteiger partial charge in [0.05, 0.1) is 17.5 Å².